The van der Waals surface area contributed by atoms with Crippen LogP contribution >= 0.6 is 0 Å². The van der Waals surface area contributed by atoms with Crippen LogP contribution in [0.3, 0.4) is 0 Å². The Morgan fingerprint density at radius 1 is 1.36 bits per heavy atom. The summed E-state index contributed by atoms with van der Waals surface area (Å²) in [4.78, 5) is 11.6. The van der Waals surface area contributed by atoms with Crippen LogP contribution in [-0.2, 0) is 4.74 Å². The third-order valence-corrected chi connectivity index (χ3v) is 2.72. The predicted octanol–water partition coefficient (Wildman–Crippen LogP) is 2.46. The largest absolute Gasteiger partial charge is 0.488 e. The summed E-state index contributed by atoms with van der Waals surface area (Å²) in [5.74, 6) is -1.48. The van der Waals surface area contributed by atoms with Gasteiger partial charge in [-0.3, -0.25) is 0 Å². The molecule has 0 radical (unpaired) electrons. The second-order valence-electron chi connectivity index (χ2n) is 4.74. The van der Waals surface area contributed by atoms with Crippen molar-refractivity contribution in [3.8, 4) is 5.75 Å². The number of hydrogen-bond acceptors (Lipinski definition) is 3. The monoisotopic (exact) mass is 316 g/mol. The Balaban J connectivity index is 2.22. The minimum atomic E-state index is -0.771. The Labute approximate surface area is 129 Å². The Morgan fingerprint density at radius 3 is 2.82 bits per heavy atom. The van der Waals surface area contributed by atoms with Crippen LogP contribution < -0.4 is 15.4 Å². The average Bonchev–Trinajstić information content (AvgIpc) is 2.46. The molecule has 0 saturated carbocycles. The minimum Gasteiger partial charge on any atom is -0.488 e. The van der Waals surface area contributed by atoms with Crippen LogP contribution in [0.5, 0.6) is 5.75 Å². The highest BCUT2D eigenvalue weighted by Gasteiger charge is 2.10. The highest BCUT2D eigenvalue weighted by Crippen LogP contribution is 2.17. The molecule has 1 rings (SSSR count). The van der Waals surface area contributed by atoms with Crippen molar-refractivity contribution in [3.63, 3.8) is 0 Å². The molecule has 7 heteroatoms. The molecule has 1 atom stereocenters. The van der Waals surface area contributed by atoms with E-state index in [0.29, 0.717) is 19.8 Å². The van der Waals surface area contributed by atoms with Crippen molar-refractivity contribution in [1.82, 2.24) is 10.6 Å². The van der Waals surface area contributed by atoms with Gasteiger partial charge >= 0.3 is 6.03 Å². The van der Waals surface area contributed by atoms with Gasteiger partial charge < -0.3 is 20.1 Å². The SMILES string of the molecule is CCOCCCNC(=O)N[C@@H](C)COc1ccc(F)cc1F. The Bertz CT molecular complexity index is 472. The van der Waals surface area contributed by atoms with E-state index >= 15 is 0 Å². The Morgan fingerprint density at radius 2 is 2.14 bits per heavy atom. The van der Waals surface area contributed by atoms with Gasteiger partial charge in [-0.05, 0) is 32.4 Å². The maximum Gasteiger partial charge on any atom is 0.315 e. The first-order valence-electron chi connectivity index (χ1n) is 7.23. The lowest BCUT2D eigenvalue weighted by Gasteiger charge is -2.16. The molecule has 124 valence electrons. The lowest BCUT2D eigenvalue weighted by molar-refractivity contribution is 0.145. The van der Waals surface area contributed by atoms with Crippen LogP contribution in [0.2, 0.25) is 0 Å². The third-order valence-electron chi connectivity index (χ3n) is 2.72. The number of amides is 2. The van der Waals surface area contributed by atoms with Gasteiger partial charge in [0.05, 0.1) is 6.04 Å². The van der Waals surface area contributed by atoms with Crippen molar-refractivity contribution in [2.45, 2.75) is 26.3 Å². The molecular weight excluding hydrogens is 294 g/mol. The fourth-order valence-electron chi connectivity index (χ4n) is 1.64. The molecule has 0 aliphatic carbocycles. The van der Waals surface area contributed by atoms with E-state index in [1.54, 1.807) is 6.92 Å². The van der Waals surface area contributed by atoms with E-state index in [4.69, 9.17) is 9.47 Å². The molecule has 0 aromatic heterocycles. The van der Waals surface area contributed by atoms with E-state index in [2.05, 4.69) is 10.6 Å². The number of carbonyl (C=O) groups excluding carboxylic acids is 1. The molecule has 0 heterocycles. The maximum absolute atomic E-state index is 13.4. The van der Waals surface area contributed by atoms with Gasteiger partial charge in [-0.2, -0.15) is 0 Å². The third kappa shape index (κ3) is 7.21. The van der Waals surface area contributed by atoms with E-state index in [1.807, 2.05) is 6.92 Å². The topological polar surface area (TPSA) is 59.6 Å². The summed E-state index contributed by atoms with van der Waals surface area (Å²) in [6.45, 7) is 5.47. The number of urea groups is 1. The fourth-order valence-corrected chi connectivity index (χ4v) is 1.64. The number of ether oxygens (including phenoxy) is 2. The van der Waals surface area contributed by atoms with Crippen LogP contribution in [0, 0.1) is 11.6 Å². The predicted molar refractivity (Wildman–Crippen MR) is 79.0 cm³/mol. The summed E-state index contributed by atoms with van der Waals surface area (Å²) < 4.78 is 36.5. The molecule has 2 amide bonds. The molecular formula is C15H22F2N2O3. The molecule has 0 spiro atoms. The summed E-state index contributed by atoms with van der Waals surface area (Å²) in [5.41, 5.74) is 0. The van der Waals surface area contributed by atoms with Crippen LogP contribution in [-0.4, -0.2) is 38.4 Å². The van der Waals surface area contributed by atoms with Crippen molar-refractivity contribution in [1.29, 1.82) is 0 Å². The van der Waals surface area contributed by atoms with Gasteiger partial charge in [0.2, 0.25) is 0 Å². The quantitative estimate of drug-likeness (QED) is 0.688. The van der Waals surface area contributed by atoms with E-state index in [9.17, 15) is 13.6 Å². The van der Waals surface area contributed by atoms with Gasteiger partial charge in [0.1, 0.15) is 12.4 Å². The van der Waals surface area contributed by atoms with Crippen molar-refractivity contribution in [2.75, 3.05) is 26.4 Å². The molecule has 0 bridgehead atoms. The molecule has 1 aromatic carbocycles. The van der Waals surface area contributed by atoms with Gasteiger partial charge in [-0.25, -0.2) is 13.6 Å². The van der Waals surface area contributed by atoms with Gasteiger partial charge in [-0.1, -0.05) is 0 Å². The normalized spacial score (nSPS) is 11.8. The van der Waals surface area contributed by atoms with Crippen molar-refractivity contribution in [3.05, 3.63) is 29.8 Å². The zero-order valence-electron chi connectivity index (χ0n) is 12.8. The van der Waals surface area contributed by atoms with Crippen LogP contribution in [0.4, 0.5) is 13.6 Å². The summed E-state index contributed by atoms with van der Waals surface area (Å²) in [5, 5.41) is 5.34. The summed E-state index contributed by atoms with van der Waals surface area (Å²) in [6.07, 6.45) is 0.729. The highest BCUT2D eigenvalue weighted by atomic mass is 19.1. The smallest absolute Gasteiger partial charge is 0.315 e. The van der Waals surface area contributed by atoms with Crippen molar-refractivity contribution in [2.24, 2.45) is 0 Å². The van der Waals surface area contributed by atoms with Crippen LogP contribution in [0.15, 0.2) is 18.2 Å². The molecule has 1 aromatic rings. The van der Waals surface area contributed by atoms with Crippen LogP contribution in [0.25, 0.3) is 0 Å². The van der Waals surface area contributed by atoms with E-state index in [1.165, 1.54) is 6.07 Å². The number of halogens is 2. The van der Waals surface area contributed by atoms with Crippen molar-refractivity contribution >= 4 is 6.03 Å². The van der Waals surface area contributed by atoms with Crippen LogP contribution in [0.1, 0.15) is 20.3 Å². The lowest BCUT2D eigenvalue weighted by Crippen LogP contribution is -2.43. The first-order valence-corrected chi connectivity index (χ1v) is 7.23. The number of hydrogen-bond donors (Lipinski definition) is 2. The molecule has 0 aliphatic heterocycles. The molecule has 2 N–H and O–H groups in total. The molecule has 0 aliphatic rings. The van der Waals surface area contributed by atoms with Gasteiger partial charge in [0.25, 0.3) is 0 Å². The second-order valence-corrected chi connectivity index (χ2v) is 4.74. The van der Waals surface area contributed by atoms with E-state index in [-0.39, 0.29) is 24.4 Å². The molecule has 0 unspecified atom stereocenters. The number of nitrogens with one attached hydrogen (secondary N) is 2. The maximum atomic E-state index is 13.4. The van der Waals surface area contributed by atoms with Gasteiger partial charge in [0.15, 0.2) is 11.6 Å². The summed E-state index contributed by atoms with van der Waals surface area (Å²) >= 11 is 0. The number of benzene rings is 1. The zero-order valence-corrected chi connectivity index (χ0v) is 12.8. The average molecular weight is 316 g/mol. The molecule has 22 heavy (non-hydrogen) atoms. The number of carbonyl (C=O) groups is 1. The second kappa shape index (κ2) is 9.94. The zero-order chi connectivity index (χ0) is 16.4. The number of rotatable bonds is 9. The van der Waals surface area contributed by atoms with Crippen molar-refractivity contribution < 1.29 is 23.0 Å². The first-order chi connectivity index (χ1) is 10.5. The highest BCUT2D eigenvalue weighted by molar-refractivity contribution is 5.74. The first kappa shape index (κ1) is 18.2. The standard InChI is InChI=1S/C15H22F2N2O3/c1-3-21-8-4-7-18-15(20)19-11(2)10-22-14-6-5-12(16)9-13(14)17/h5-6,9,11H,3-4,7-8,10H2,1-2H3,(H2,18,19,20)/t11-/m0/s1. The van der Waals surface area contributed by atoms with Gasteiger partial charge in [-0.15, -0.1) is 0 Å². The Kier molecular flexibility index (Phi) is 8.21. The Hall–Kier alpha value is -1.89. The summed E-state index contributed by atoms with van der Waals surface area (Å²) in [7, 11) is 0. The molecule has 0 fully saturated rings. The van der Waals surface area contributed by atoms with Gasteiger partial charge in [0, 0.05) is 25.8 Å². The molecule has 0 saturated heterocycles. The molecule has 5 nitrogen and oxygen atoms in total. The lowest BCUT2D eigenvalue weighted by atomic mass is 10.3. The minimum absolute atomic E-state index is 0.0489. The van der Waals surface area contributed by atoms with E-state index < -0.39 is 11.6 Å². The fraction of sp³-hybridized carbons (Fsp3) is 0.533. The summed E-state index contributed by atoms with van der Waals surface area (Å²) in [6, 6.07) is 2.43. The van der Waals surface area contributed by atoms with E-state index in [0.717, 1.165) is 18.6 Å².